The van der Waals surface area contributed by atoms with Crippen molar-refractivity contribution in [2.75, 3.05) is 13.6 Å². The third-order valence-corrected chi connectivity index (χ3v) is 6.96. The van der Waals surface area contributed by atoms with Gasteiger partial charge in [0.25, 0.3) is 0 Å². The molecule has 0 aromatic heterocycles. The van der Waals surface area contributed by atoms with E-state index in [0.717, 1.165) is 10.5 Å². The van der Waals surface area contributed by atoms with Crippen molar-refractivity contribution in [3.63, 3.8) is 0 Å². The smallest absolute Gasteiger partial charge is 0.344 e. The molecule has 0 aliphatic carbocycles. The molecule has 0 bridgehead atoms. The molecule has 2 atom stereocenters. The third-order valence-electron chi connectivity index (χ3n) is 6.96. The molecule has 0 fully saturated rings. The zero-order valence-electron chi connectivity index (χ0n) is 22.6. The number of hydrogen-bond donors (Lipinski definition) is 1. The molecule has 1 aliphatic heterocycles. The standard InChI is InChI=1S/C30H27F6N3O3/c1-18(40)37-25-14-21-10-6-7-11-24(21)27(20-8-4-3-5-9-20)39(28(25)42)17-26(41)38(2)16-19-12-22(29(31,32)33)15-23(13-19)30(34,35)36/h3-13,15,25,27H,14,16-17H2,1-2H3,(H,37,40)/t25-,27+/m0/s1. The van der Waals surface area contributed by atoms with Crippen molar-refractivity contribution in [3.8, 4) is 0 Å². The van der Waals surface area contributed by atoms with Crippen molar-refractivity contribution in [3.05, 3.63) is 106 Å². The van der Waals surface area contributed by atoms with Crippen LogP contribution in [0.4, 0.5) is 26.3 Å². The van der Waals surface area contributed by atoms with Crippen LogP contribution in [0.3, 0.4) is 0 Å². The zero-order chi connectivity index (χ0) is 30.8. The van der Waals surface area contributed by atoms with Gasteiger partial charge in [0.05, 0.1) is 17.2 Å². The molecule has 3 amide bonds. The normalized spacial score (nSPS) is 17.3. The molecule has 0 unspecified atom stereocenters. The Bertz CT molecular complexity index is 1440. The van der Waals surface area contributed by atoms with Gasteiger partial charge in [0.2, 0.25) is 17.7 Å². The molecule has 0 spiro atoms. The van der Waals surface area contributed by atoms with E-state index in [0.29, 0.717) is 23.3 Å². The summed E-state index contributed by atoms with van der Waals surface area (Å²) in [6.07, 6.45) is -9.92. The quantitative estimate of drug-likeness (QED) is 0.393. The van der Waals surface area contributed by atoms with Crippen LogP contribution in [0.15, 0.2) is 72.8 Å². The van der Waals surface area contributed by atoms with E-state index in [2.05, 4.69) is 5.32 Å². The highest BCUT2D eigenvalue weighted by molar-refractivity contribution is 5.91. The molecule has 222 valence electrons. The minimum Gasteiger partial charge on any atom is -0.344 e. The lowest BCUT2D eigenvalue weighted by Crippen LogP contribution is -2.51. The molecule has 0 radical (unpaired) electrons. The highest BCUT2D eigenvalue weighted by Crippen LogP contribution is 2.37. The Kier molecular flexibility index (Phi) is 8.65. The minimum absolute atomic E-state index is 0.0191. The van der Waals surface area contributed by atoms with Gasteiger partial charge in [-0.1, -0.05) is 54.6 Å². The summed E-state index contributed by atoms with van der Waals surface area (Å²) in [6, 6.07) is 15.4. The summed E-state index contributed by atoms with van der Waals surface area (Å²) in [5.41, 5.74) is -1.20. The first-order chi connectivity index (χ1) is 19.6. The van der Waals surface area contributed by atoms with E-state index in [1.165, 1.54) is 18.9 Å². The Hall–Kier alpha value is -4.35. The number of halogens is 6. The van der Waals surface area contributed by atoms with E-state index in [1.807, 2.05) is 6.07 Å². The maximum Gasteiger partial charge on any atom is 0.416 e. The fourth-order valence-corrected chi connectivity index (χ4v) is 5.05. The molecule has 4 rings (SSSR count). The fourth-order valence-electron chi connectivity index (χ4n) is 5.05. The number of alkyl halides is 6. The molecular weight excluding hydrogens is 564 g/mol. The van der Waals surface area contributed by atoms with Gasteiger partial charge in [0.15, 0.2) is 0 Å². The number of hydrogen-bond acceptors (Lipinski definition) is 3. The van der Waals surface area contributed by atoms with Crippen LogP contribution in [0.5, 0.6) is 0 Å². The number of likely N-dealkylation sites (N-methyl/N-ethyl adjacent to an activating group) is 1. The van der Waals surface area contributed by atoms with Crippen LogP contribution in [0.25, 0.3) is 0 Å². The first-order valence-corrected chi connectivity index (χ1v) is 12.9. The zero-order valence-corrected chi connectivity index (χ0v) is 22.6. The average molecular weight is 592 g/mol. The minimum atomic E-state index is -5.04. The summed E-state index contributed by atoms with van der Waals surface area (Å²) in [7, 11) is 1.23. The molecule has 6 nitrogen and oxygen atoms in total. The number of fused-ring (bicyclic) bond motifs is 1. The van der Waals surface area contributed by atoms with Gasteiger partial charge in [0, 0.05) is 26.9 Å². The number of rotatable bonds is 6. The molecule has 12 heteroatoms. The Morgan fingerprint density at radius 3 is 2.05 bits per heavy atom. The van der Waals surface area contributed by atoms with Gasteiger partial charge >= 0.3 is 12.4 Å². The number of nitrogens with zero attached hydrogens (tertiary/aromatic N) is 2. The van der Waals surface area contributed by atoms with Crippen molar-refractivity contribution in [2.24, 2.45) is 0 Å². The summed E-state index contributed by atoms with van der Waals surface area (Å²) in [5, 5.41) is 2.63. The van der Waals surface area contributed by atoms with Crippen LogP contribution in [0.1, 0.15) is 46.3 Å². The second kappa shape index (κ2) is 11.9. The van der Waals surface area contributed by atoms with Crippen molar-refractivity contribution in [2.45, 2.75) is 44.3 Å². The summed E-state index contributed by atoms with van der Waals surface area (Å²) in [4.78, 5) is 41.5. The van der Waals surface area contributed by atoms with Crippen LogP contribution in [0, 0.1) is 0 Å². The largest absolute Gasteiger partial charge is 0.416 e. The molecule has 3 aromatic rings. The highest BCUT2D eigenvalue weighted by Gasteiger charge is 2.39. The number of benzene rings is 3. The summed E-state index contributed by atoms with van der Waals surface area (Å²) >= 11 is 0. The second-order valence-electron chi connectivity index (χ2n) is 10.1. The topological polar surface area (TPSA) is 69.7 Å². The van der Waals surface area contributed by atoms with E-state index in [4.69, 9.17) is 0 Å². The Balaban J connectivity index is 1.70. The summed E-state index contributed by atoms with van der Waals surface area (Å²) in [6.45, 7) is 0.131. The number of carbonyl (C=O) groups excluding carboxylic acids is 3. The molecule has 1 N–H and O–H groups in total. The van der Waals surface area contributed by atoms with Crippen LogP contribution in [-0.2, 0) is 39.7 Å². The number of nitrogens with one attached hydrogen (secondary N) is 1. The van der Waals surface area contributed by atoms with E-state index >= 15 is 0 Å². The lowest BCUT2D eigenvalue weighted by molar-refractivity contribution is -0.143. The highest BCUT2D eigenvalue weighted by atomic mass is 19.4. The van der Waals surface area contributed by atoms with Gasteiger partial charge < -0.3 is 15.1 Å². The van der Waals surface area contributed by atoms with Gasteiger partial charge in [-0.3, -0.25) is 14.4 Å². The van der Waals surface area contributed by atoms with Gasteiger partial charge in [0.1, 0.15) is 12.6 Å². The maximum atomic E-state index is 13.9. The molecule has 42 heavy (non-hydrogen) atoms. The predicted molar refractivity (Wildman–Crippen MR) is 141 cm³/mol. The molecule has 1 aliphatic rings. The molecule has 1 heterocycles. The number of amides is 3. The Morgan fingerprint density at radius 2 is 1.48 bits per heavy atom. The van der Waals surface area contributed by atoms with Crippen molar-refractivity contribution < 1.29 is 40.7 Å². The molecule has 3 aromatic carbocycles. The monoisotopic (exact) mass is 591 g/mol. The van der Waals surface area contributed by atoms with Crippen LogP contribution >= 0.6 is 0 Å². The lowest BCUT2D eigenvalue weighted by atomic mass is 9.93. The Labute approximate surface area is 237 Å². The van der Waals surface area contributed by atoms with Gasteiger partial charge in [-0.15, -0.1) is 0 Å². The van der Waals surface area contributed by atoms with E-state index < -0.39 is 66.4 Å². The van der Waals surface area contributed by atoms with Gasteiger partial charge in [-0.2, -0.15) is 26.3 Å². The van der Waals surface area contributed by atoms with Crippen LogP contribution in [-0.4, -0.2) is 47.2 Å². The molecule has 0 saturated carbocycles. The molecular formula is C30H27F6N3O3. The van der Waals surface area contributed by atoms with Crippen LogP contribution < -0.4 is 5.32 Å². The molecule has 0 saturated heterocycles. The van der Waals surface area contributed by atoms with E-state index in [1.54, 1.807) is 48.5 Å². The fraction of sp³-hybridized carbons (Fsp3) is 0.300. The number of carbonyl (C=O) groups is 3. The SMILES string of the molecule is CC(=O)N[C@H]1Cc2ccccc2[C@@H](c2ccccc2)N(CC(=O)N(C)Cc2cc(C(F)(F)F)cc(C(F)(F)F)c2)C1=O. The van der Waals surface area contributed by atoms with Gasteiger partial charge in [-0.25, -0.2) is 0 Å². The third kappa shape index (κ3) is 6.92. The van der Waals surface area contributed by atoms with Crippen molar-refractivity contribution >= 4 is 17.7 Å². The first-order valence-electron chi connectivity index (χ1n) is 12.9. The van der Waals surface area contributed by atoms with Crippen LogP contribution in [0.2, 0.25) is 0 Å². The lowest BCUT2D eigenvalue weighted by Gasteiger charge is -2.34. The average Bonchev–Trinajstić information content (AvgIpc) is 3.02. The van der Waals surface area contributed by atoms with E-state index in [-0.39, 0.29) is 18.1 Å². The second-order valence-corrected chi connectivity index (χ2v) is 10.1. The first kappa shape index (κ1) is 30.6. The predicted octanol–water partition coefficient (Wildman–Crippen LogP) is 5.36. The van der Waals surface area contributed by atoms with Gasteiger partial charge in [-0.05, 0) is 40.5 Å². The van der Waals surface area contributed by atoms with Crippen molar-refractivity contribution in [1.29, 1.82) is 0 Å². The summed E-state index contributed by atoms with van der Waals surface area (Å²) < 4.78 is 80.1. The van der Waals surface area contributed by atoms with Crippen molar-refractivity contribution in [1.82, 2.24) is 15.1 Å². The maximum absolute atomic E-state index is 13.9. The Morgan fingerprint density at radius 1 is 0.905 bits per heavy atom. The summed E-state index contributed by atoms with van der Waals surface area (Å²) in [5.74, 6) is -1.75. The van der Waals surface area contributed by atoms with E-state index in [9.17, 15) is 40.7 Å².